The van der Waals surface area contributed by atoms with Crippen molar-refractivity contribution in [2.45, 2.75) is 18.8 Å². The van der Waals surface area contributed by atoms with Crippen molar-refractivity contribution in [3.63, 3.8) is 0 Å². The molecule has 5 heteroatoms. The molecule has 106 valence electrons. The molecule has 21 heavy (non-hydrogen) atoms. The summed E-state index contributed by atoms with van der Waals surface area (Å²) >= 11 is 0. The van der Waals surface area contributed by atoms with Gasteiger partial charge in [0, 0.05) is 23.4 Å². The first-order chi connectivity index (χ1) is 10.3. The van der Waals surface area contributed by atoms with E-state index in [4.69, 9.17) is 4.74 Å². The fourth-order valence-corrected chi connectivity index (χ4v) is 2.69. The molecule has 0 bridgehead atoms. The summed E-state index contributed by atoms with van der Waals surface area (Å²) in [6, 6.07) is 9.15. The molecule has 0 radical (unpaired) electrons. The monoisotopic (exact) mass is 281 g/mol. The highest BCUT2D eigenvalue weighted by Gasteiger charge is 2.27. The first kappa shape index (κ1) is 12.2. The summed E-state index contributed by atoms with van der Waals surface area (Å²) in [6.07, 6.45) is 4.23. The molecule has 1 aliphatic rings. The Hall–Kier alpha value is -2.56. The van der Waals surface area contributed by atoms with Crippen molar-refractivity contribution in [1.29, 1.82) is 0 Å². The number of ether oxygens (including phenoxy) is 1. The maximum absolute atomic E-state index is 12.3. The van der Waals surface area contributed by atoms with Crippen LogP contribution in [0, 0.1) is 0 Å². The second-order valence-electron chi connectivity index (χ2n) is 5.34. The topological polar surface area (TPSA) is 59.4 Å². The van der Waals surface area contributed by atoms with Crippen LogP contribution in [0.1, 0.15) is 24.3 Å². The molecule has 2 heterocycles. The quantitative estimate of drug-likeness (QED) is 0.802. The molecule has 1 aromatic carbocycles. The zero-order valence-electron chi connectivity index (χ0n) is 11.7. The Morgan fingerprint density at radius 3 is 2.90 bits per heavy atom. The van der Waals surface area contributed by atoms with Crippen LogP contribution in [0.15, 0.2) is 41.3 Å². The summed E-state index contributed by atoms with van der Waals surface area (Å²) in [4.78, 5) is 17.0. The fraction of sp³-hybridized carbons (Fsp3) is 0.250. The van der Waals surface area contributed by atoms with Crippen LogP contribution in [0.2, 0.25) is 0 Å². The van der Waals surface area contributed by atoms with E-state index >= 15 is 0 Å². The average Bonchev–Trinajstić information content (AvgIpc) is 3.26. The predicted octanol–water partition coefficient (Wildman–Crippen LogP) is 2.58. The molecule has 0 aliphatic heterocycles. The molecule has 4 rings (SSSR count). The maximum Gasteiger partial charge on any atom is 0.273 e. The molecule has 0 amide bonds. The third-order valence-electron chi connectivity index (χ3n) is 3.93. The number of nitrogens with one attached hydrogen (secondary N) is 1. The number of methoxy groups -OCH3 is 1. The van der Waals surface area contributed by atoms with Gasteiger partial charge in [0.05, 0.1) is 12.8 Å². The first-order valence-corrected chi connectivity index (χ1v) is 7.02. The molecule has 2 aromatic heterocycles. The Morgan fingerprint density at radius 1 is 1.33 bits per heavy atom. The van der Waals surface area contributed by atoms with Crippen LogP contribution in [-0.2, 0) is 0 Å². The van der Waals surface area contributed by atoms with Crippen LogP contribution in [-0.4, -0.2) is 21.7 Å². The van der Waals surface area contributed by atoms with Crippen LogP contribution in [0.25, 0.3) is 16.9 Å². The fourth-order valence-electron chi connectivity index (χ4n) is 2.69. The number of fused-ring (bicyclic) bond motifs is 1. The van der Waals surface area contributed by atoms with Gasteiger partial charge in [-0.25, -0.2) is 9.50 Å². The van der Waals surface area contributed by atoms with Gasteiger partial charge in [0.15, 0.2) is 5.65 Å². The van der Waals surface area contributed by atoms with Gasteiger partial charge in [0.1, 0.15) is 5.75 Å². The van der Waals surface area contributed by atoms with Crippen LogP contribution in [0.3, 0.4) is 0 Å². The van der Waals surface area contributed by atoms with Gasteiger partial charge in [0.25, 0.3) is 5.56 Å². The van der Waals surface area contributed by atoms with E-state index in [-0.39, 0.29) is 5.56 Å². The standard InChI is InChI=1S/C16H15N3O2/c1-21-14-5-3-2-4-11(14)13-8-15(20)19-16(18-13)12(9-17-19)10-6-7-10/h2-5,8-10,17H,6-7H2,1H3. The molecule has 5 nitrogen and oxygen atoms in total. The van der Waals surface area contributed by atoms with E-state index in [1.165, 1.54) is 23.4 Å². The molecule has 0 saturated heterocycles. The minimum absolute atomic E-state index is 0.104. The molecule has 1 fully saturated rings. The smallest absolute Gasteiger partial charge is 0.273 e. The van der Waals surface area contributed by atoms with E-state index in [1.807, 2.05) is 30.5 Å². The lowest BCUT2D eigenvalue weighted by atomic mass is 10.1. The zero-order valence-corrected chi connectivity index (χ0v) is 11.7. The van der Waals surface area contributed by atoms with Crippen molar-refractivity contribution in [3.8, 4) is 17.0 Å². The average molecular weight is 281 g/mol. The highest BCUT2D eigenvalue weighted by Crippen LogP contribution is 2.41. The van der Waals surface area contributed by atoms with Gasteiger partial charge in [-0.05, 0) is 30.9 Å². The second kappa shape index (κ2) is 4.48. The number of aromatic amines is 1. The zero-order chi connectivity index (χ0) is 14.4. The van der Waals surface area contributed by atoms with Gasteiger partial charge in [0.2, 0.25) is 0 Å². The van der Waals surface area contributed by atoms with Crippen molar-refractivity contribution >= 4 is 5.65 Å². The van der Waals surface area contributed by atoms with Crippen LogP contribution in [0.5, 0.6) is 5.75 Å². The Bertz CT molecular complexity index is 875. The van der Waals surface area contributed by atoms with Crippen molar-refractivity contribution in [1.82, 2.24) is 14.6 Å². The summed E-state index contributed by atoms with van der Waals surface area (Å²) in [5.41, 5.74) is 3.24. The van der Waals surface area contributed by atoms with Crippen LogP contribution < -0.4 is 10.3 Å². The van der Waals surface area contributed by atoms with Gasteiger partial charge in [-0.15, -0.1) is 0 Å². The number of rotatable bonds is 3. The number of nitrogens with zero attached hydrogens (tertiary/aromatic N) is 2. The minimum Gasteiger partial charge on any atom is -0.496 e. The maximum atomic E-state index is 12.3. The molecule has 0 atom stereocenters. The molecule has 1 N–H and O–H groups in total. The number of para-hydroxylation sites is 1. The second-order valence-corrected chi connectivity index (χ2v) is 5.34. The number of hydrogen-bond donors (Lipinski definition) is 1. The highest BCUT2D eigenvalue weighted by atomic mass is 16.5. The van der Waals surface area contributed by atoms with E-state index in [1.54, 1.807) is 7.11 Å². The van der Waals surface area contributed by atoms with Gasteiger partial charge in [-0.1, -0.05) is 12.1 Å². The normalized spacial score (nSPS) is 14.5. The number of benzene rings is 1. The Morgan fingerprint density at radius 2 is 2.14 bits per heavy atom. The predicted molar refractivity (Wildman–Crippen MR) is 79.8 cm³/mol. The molecular formula is C16H15N3O2. The van der Waals surface area contributed by atoms with Crippen molar-refractivity contribution < 1.29 is 4.74 Å². The molecule has 1 aliphatic carbocycles. The van der Waals surface area contributed by atoms with Gasteiger partial charge >= 0.3 is 0 Å². The third kappa shape index (κ3) is 1.93. The van der Waals surface area contributed by atoms with E-state index in [0.717, 1.165) is 22.5 Å². The molecule has 3 aromatic rings. The Labute approximate surface area is 121 Å². The Kier molecular flexibility index (Phi) is 2.60. The van der Waals surface area contributed by atoms with Gasteiger partial charge in [-0.2, -0.15) is 0 Å². The van der Waals surface area contributed by atoms with E-state index in [9.17, 15) is 4.79 Å². The molecule has 1 saturated carbocycles. The summed E-state index contributed by atoms with van der Waals surface area (Å²) in [7, 11) is 1.62. The third-order valence-corrected chi connectivity index (χ3v) is 3.93. The molecular weight excluding hydrogens is 266 g/mol. The number of H-pyrrole nitrogens is 1. The van der Waals surface area contributed by atoms with Crippen LogP contribution >= 0.6 is 0 Å². The summed E-state index contributed by atoms with van der Waals surface area (Å²) < 4.78 is 6.87. The minimum atomic E-state index is -0.104. The first-order valence-electron chi connectivity index (χ1n) is 7.02. The van der Waals surface area contributed by atoms with E-state index in [0.29, 0.717) is 11.6 Å². The summed E-state index contributed by atoms with van der Waals surface area (Å²) in [6.45, 7) is 0. The van der Waals surface area contributed by atoms with Crippen LogP contribution in [0.4, 0.5) is 0 Å². The summed E-state index contributed by atoms with van der Waals surface area (Å²) in [5.74, 6) is 1.25. The number of aromatic nitrogens is 3. The van der Waals surface area contributed by atoms with E-state index in [2.05, 4.69) is 10.1 Å². The lowest BCUT2D eigenvalue weighted by molar-refractivity contribution is 0.416. The van der Waals surface area contributed by atoms with Crippen molar-refractivity contribution in [3.05, 3.63) is 52.4 Å². The molecule has 0 spiro atoms. The summed E-state index contributed by atoms with van der Waals surface area (Å²) in [5, 5.41) is 3.00. The highest BCUT2D eigenvalue weighted by molar-refractivity contribution is 5.69. The molecule has 0 unspecified atom stereocenters. The van der Waals surface area contributed by atoms with Gasteiger partial charge in [-0.3, -0.25) is 9.89 Å². The van der Waals surface area contributed by atoms with Crippen molar-refractivity contribution in [2.24, 2.45) is 0 Å². The van der Waals surface area contributed by atoms with Gasteiger partial charge < -0.3 is 4.74 Å². The van der Waals surface area contributed by atoms with E-state index < -0.39 is 0 Å². The lowest BCUT2D eigenvalue weighted by Gasteiger charge is -2.07. The number of hydrogen-bond acceptors (Lipinski definition) is 3. The van der Waals surface area contributed by atoms with Crippen molar-refractivity contribution in [2.75, 3.05) is 7.11 Å². The Balaban J connectivity index is 1.97. The SMILES string of the molecule is COc1ccccc1-c1cc(=O)n2[nH]cc(C3CC3)c2n1. The lowest BCUT2D eigenvalue weighted by Crippen LogP contribution is -2.14. The largest absolute Gasteiger partial charge is 0.496 e.